The Labute approximate surface area is 208 Å². The van der Waals surface area contributed by atoms with E-state index in [0.29, 0.717) is 5.92 Å². The Morgan fingerprint density at radius 2 is 1.55 bits per heavy atom. The fourth-order valence-corrected chi connectivity index (χ4v) is 4.62. The summed E-state index contributed by atoms with van der Waals surface area (Å²) in [7, 11) is 0. The van der Waals surface area contributed by atoms with E-state index in [1.165, 1.54) is 78.0 Å². The molecule has 3 heteroatoms. The van der Waals surface area contributed by atoms with Gasteiger partial charge in [-0.1, -0.05) is 88.3 Å². The van der Waals surface area contributed by atoms with Crippen LogP contribution in [0.25, 0.3) is 21.9 Å². The summed E-state index contributed by atoms with van der Waals surface area (Å²) in [6, 6.07) is 20.8. The molecule has 0 N–H and O–H groups in total. The van der Waals surface area contributed by atoms with Crippen LogP contribution in [0.5, 0.6) is 0 Å². The zero-order chi connectivity index (χ0) is 17.9. The first-order valence-corrected chi connectivity index (χ1v) is 10.5. The van der Waals surface area contributed by atoms with Crippen molar-refractivity contribution in [1.29, 1.82) is 0 Å². The Kier molecular flexibility index (Phi) is 11.3. The van der Waals surface area contributed by atoms with Gasteiger partial charge in [0.25, 0.3) is 0 Å². The van der Waals surface area contributed by atoms with Crippen LogP contribution in [0.4, 0.5) is 0 Å². The van der Waals surface area contributed by atoms with E-state index in [1.807, 2.05) is 0 Å². The molecule has 0 nitrogen and oxygen atoms in total. The molecule has 4 rings (SSSR count). The van der Waals surface area contributed by atoms with Gasteiger partial charge in [-0.25, -0.2) is 0 Å². The molecule has 0 amide bonds. The van der Waals surface area contributed by atoms with Crippen molar-refractivity contribution in [2.45, 2.75) is 64.7 Å². The quantitative estimate of drug-likeness (QED) is 0.245. The maximum atomic E-state index is 2.46. The standard InChI is InChI=1S/C26H31.2ClH.Zr/c1-19(2)22-12-14-23(15-13-22)25-11-7-10-24-17-21(18-26(24)25)16-20-8-5-3-4-6-9-20;;;/h7,10-15,17-20H,3-6,8-9,16H2,1-2H3;2*1H;/q-1;;;. The molecule has 0 spiro atoms. The second kappa shape index (κ2) is 12.4. The molecule has 1 aliphatic rings. The van der Waals surface area contributed by atoms with Gasteiger partial charge in [0.05, 0.1) is 0 Å². The van der Waals surface area contributed by atoms with Crippen molar-refractivity contribution < 1.29 is 26.2 Å². The van der Waals surface area contributed by atoms with Crippen LogP contribution in [-0.2, 0) is 32.6 Å². The second-order valence-electron chi connectivity index (χ2n) is 8.51. The molecular weight excluding hydrogens is 474 g/mol. The topological polar surface area (TPSA) is 0 Å². The first-order chi connectivity index (χ1) is 12.7. The predicted octanol–water partition coefficient (Wildman–Crippen LogP) is 8.70. The summed E-state index contributed by atoms with van der Waals surface area (Å²) in [6.07, 6.45) is 9.85. The molecule has 0 atom stereocenters. The molecule has 0 unspecified atom stereocenters. The summed E-state index contributed by atoms with van der Waals surface area (Å²) >= 11 is 0. The second-order valence-corrected chi connectivity index (χ2v) is 8.51. The molecule has 0 heterocycles. The number of fused-ring (bicyclic) bond motifs is 1. The number of benzene rings is 2. The molecule has 0 aliphatic heterocycles. The van der Waals surface area contributed by atoms with E-state index in [4.69, 9.17) is 0 Å². The van der Waals surface area contributed by atoms with E-state index in [0.717, 1.165) is 5.92 Å². The van der Waals surface area contributed by atoms with E-state index in [-0.39, 0.29) is 51.0 Å². The number of halogens is 2. The molecule has 0 radical (unpaired) electrons. The van der Waals surface area contributed by atoms with Gasteiger partial charge in [0, 0.05) is 26.2 Å². The zero-order valence-electron chi connectivity index (χ0n) is 17.6. The number of hydrogen-bond donors (Lipinski definition) is 0. The Balaban J connectivity index is 0.00000140. The van der Waals surface area contributed by atoms with Gasteiger partial charge < -0.3 is 0 Å². The molecule has 0 bridgehead atoms. The van der Waals surface area contributed by atoms with Gasteiger partial charge in [0.15, 0.2) is 0 Å². The third-order valence-corrected chi connectivity index (χ3v) is 6.20. The molecule has 3 aromatic carbocycles. The summed E-state index contributed by atoms with van der Waals surface area (Å²) < 4.78 is 0. The normalized spacial score (nSPS) is 14.6. The Morgan fingerprint density at radius 3 is 2.17 bits per heavy atom. The molecule has 156 valence electrons. The van der Waals surface area contributed by atoms with Crippen molar-refractivity contribution >= 4 is 35.6 Å². The van der Waals surface area contributed by atoms with Crippen molar-refractivity contribution in [2.75, 3.05) is 0 Å². The van der Waals surface area contributed by atoms with Crippen molar-refractivity contribution in [3.05, 3.63) is 65.7 Å². The molecule has 1 fully saturated rings. The van der Waals surface area contributed by atoms with Gasteiger partial charge >= 0.3 is 0 Å². The minimum absolute atomic E-state index is 0. The van der Waals surface area contributed by atoms with E-state index >= 15 is 0 Å². The van der Waals surface area contributed by atoms with E-state index < -0.39 is 0 Å². The molecule has 29 heavy (non-hydrogen) atoms. The molecule has 1 saturated carbocycles. The molecule has 0 aromatic heterocycles. The number of hydrogen-bond acceptors (Lipinski definition) is 0. The van der Waals surface area contributed by atoms with E-state index in [2.05, 4.69) is 68.4 Å². The third-order valence-electron chi connectivity index (χ3n) is 6.20. The molecule has 0 saturated heterocycles. The van der Waals surface area contributed by atoms with Crippen LogP contribution in [0.3, 0.4) is 0 Å². The first-order valence-electron chi connectivity index (χ1n) is 10.5. The number of rotatable bonds is 4. The molecular formula is C26H33Cl2Zr-. The predicted molar refractivity (Wildman–Crippen MR) is 128 cm³/mol. The summed E-state index contributed by atoms with van der Waals surface area (Å²) in [5, 5.41) is 2.83. The monoisotopic (exact) mass is 505 g/mol. The average molecular weight is 508 g/mol. The zero-order valence-corrected chi connectivity index (χ0v) is 21.7. The van der Waals surface area contributed by atoms with Crippen LogP contribution < -0.4 is 0 Å². The van der Waals surface area contributed by atoms with Crippen molar-refractivity contribution in [3.8, 4) is 11.1 Å². The summed E-state index contributed by atoms with van der Waals surface area (Å²) in [5.74, 6) is 1.48. The van der Waals surface area contributed by atoms with Crippen LogP contribution in [0.15, 0.2) is 54.6 Å². The van der Waals surface area contributed by atoms with Crippen LogP contribution in [0.2, 0.25) is 0 Å². The van der Waals surface area contributed by atoms with Gasteiger partial charge in [0.1, 0.15) is 0 Å². The minimum atomic E-state index is 0. The van der Waals surface area contributed by atoms with Gasteiger partial charge in [-0.05, 0) is 29.4 Å². The van der Waals surface area contributed by atoms with E-state index in [9.17, 15) is 0 Å². The first kappa shape index (κ1) is 26.5. The maximum absolute atomic E-state index is 2.46. The van der Waals surface area contributed by atoms with Crippen molar-refractivity contribution in [3.63, 3.8) is 0 Å². The Morgan fingerprint density at radius 1 is 0.897 bits per heavy atom. The van der Waals surface area contributed by atoms with Gasteiger partial charge in [-0.3, -0.25) is 0 Å². The van der Waals surface area contributed by atoms with E-state index in [1.54, 1.807) is 0 Å². The minimum Gasteiger partial charge on any atom is -0.164 e. The van der Waals surface area contributed by atoms with Crippen molar-refractivity contribution in [2.24, 2.45) is 5.92 Å². The SMILES string of the molecule is CC(C)c1ccc(-c2cccc3[cH-]c(CC4CCCCCC4)cc23)cc1.Cl.Cl.[Zr]. The third kappa shape index (κ3) is 6.49. The van der Waals surface area contributed by atoms with Crippen LogP contribution in [0, 0.1) is 5.92 Å². The average Bonchev–Trinajstić information content (AvgIpc) is 2.89. The van der Waals surface area contributed by atoms with Gasteiger partial charge in [0.2, 0.25) is 0 Å². The van der Waals surface area contributed by atoms with Crippen LogP contribution in [0.1, 0.15) is 69.4 Å². The maximum Gasteiger partial charge on any atom is 0 e. The van der Waals surface area contributed by atoms with Crippen LogP contribution in [-0.4, -0.2) is 0 Å². The Bertz CT molecular complexity index is 856. The summed E-state index contributed by atoms with van der Waals surface area (Å²) in [4.78, 5) is 0. The summed E-state index contributed by atoms with van der Waals surface area (Å²) in [5.41, 5.74) is 5.67. The molecule has 1 aliphatic carbocycles. The van der Waals surface area contributed by atoms with Crippen LogP contribution >= 0.6 is 24.8 Å². The fraction of sp³-hybridized carbons (Fsp3) is 0.423. The van der Waals surface area contributed by atoms with Gasteiger partial charge in [-0.15, -0.1) is 59.3 Å². The smallest absolute Gasteiger partial charge is 0 e. The largest absolute Gasteiger partial charge is 0.164 e. The summed E-state index contributed by atoms with van der Waals surface area (Å²) in [6.45, 7) is 4.51. The van der Waals surface area contributed by atoms with Gasteiger partial charge in [-0.2, -0.15) is 6.07 Å². The molecule has 3 aromatic rings. The fourth-order valence-electron chi connectivity index (χ4n) is 4.62. The van der Waals surface area contributed by atoms with Crippen molar-refractivity contribution in [1.82, 2.24) is 0 Å². The Hall–Kier alpha value is -0.487.